The summed E-state index contributed by atoms with van der Waals surface area (Å²) in [5.74, 6) is -0.839. The summed E-state index contributed by atoms with van der Waals surface area (Å²) < 4.78 is 30.2. The van der Waals surface area contributed by atoms with Gasteiger partial charge >= 0.3 is 5.97 Å². The molecule has 0 saturated heterocycles. The maximum absolute atomic E-state index is 11.9. The van der Waals surface area contributed by atoms with E-state index in [1.54, 1.807) is 13.0 Å². The van der Waals surface area contributed by atoms with Crippen LogP contribution in [-0.2, 0) is 19.6 Å². The Labute approximate surface area is 111 Å². The number of sulfonamides is 1. The first-order valence-electron chi connectivity index (χ1n) is 5.60. The normalized spacial score (nSPS) is 11.1. The summed E-state index contributed by atoms with van der Waals surface area (Å²) in [5, 5.41) is 0. The van der Waals surface area contributed by atoms with Gasteiger partial charge in [-0.15, -0.1) is 0 Å². The molecule has 6 nitrogen and oxygen atoms in total. The van der Waals surface area contributed by atoms with E-state index < -0.39 is 22.5 Å². The molecule has 7 heteroatoms. The minimum atomic E-state index is -3.83. The van der Waals surface area contributed by atoms with Crippen LogP contribution in [-0.4, -0.2) is 33.8 Å². The van der Waals surface area contributed by atoms with Crippen LogP contribution in [0.1, 0.15) is 23.7 Å². The van der Waals surface area contributed by atoms with Crippen molar-refractivity contribution in [3.05, 3.63) is 29.8 Å². The molecular weight excluding hydrogens is 270 g/mol. The van der Waals surface area contributed by atoms with Gasteiger partial charge < -0.3 is 4.74 Å². The molecule has 0 fully saturated rings. The SMILES string of the molecule is CCC(=O)c1cccc(S(=O)(=O)NCC(=O)OC)c1. The van der Waals surface area contributed by atoms with E-state index in [9.17, 15) is 18.0 Å². The van der Waals surface area contributed by atoms with E-state index in [0.29, 0.717) is 12.0 Å². The number of carbonyl (C=O) groups is 2. The fraction of sp³-hybridized carbons (Fsp3) is 0.333. The van der Waals surface area contributed by atoms with Gasteiger partial charge in [-0.25, -0.2) is 8.42 Å². The van der Waals surface area contributed by atoms with E-state index in [4.69, 9.17) is 0 Å². The minimum absolute atomic E-state index is 0.0595. The molecule has 1 aromatic rings. The van der Waals surface area contributed by atoms with Gasteiger partial charge in [0.05, 0.1) is 12.0 Å². The van der Waals surface area contributed by atoms with E-state index in [1.165, 1.54) is 18.2 Å². The molecule has 0 atom stereocenters. The number of esters is 1. The van der Waals surface area contributed by atoms with Crippen molar-refractivity contribution in [1.29, 1.82) is 0 Å². The van der Waals surface area contributed by atoms with Crippen molar-refractivity contribution < 1.29 is 22.7 Å². The average Bonchev–Trinajstić information content (AvgIpc) is 2.44. The zero-order chi connectivity index (χ0) is 14.5. The van der Waals surface area contributed by atoms with Crippen LogP contribution >= 0.6 is 0 Å². The first-order chi connectivity index (χ1) is 8.90. The zero-order valence-electron chi connectivity index (χ0n) is 10.7. The van der Waals surface area contributed by atoms with Gasteiger partial charge in [-0.1, -0.05) is 19.1 Å². The lowest BCUT2D eigenvalue weighted by Gasteiger charge is -2.07. The van der Waals surface area contributed by atoms with E-state index in [0.717, 1.165) is 7.11 Å². The summed E-state index contributed by atoms with van der Waals surface area (Å²) in [6.45, 7) is 1.24. The zero-order valence-corrected chi connectivity index (χ0v) is 11.5. The molecule has 0 unspecified atom stereocenters. The van der Waals surface area contributed by atoms with E-state index in [2.05, 4.69) is 9.46 Å². The quantitative estimate of drug-likeness (QED) is 0.615. The first kappa shape index (κ1) is 15.3. The maximum Gasteiger partial charge on any atom is 0.320 e. The number of ketones is 1. The second-order valence-corrected chi connectivity index (χ2v) is 5.47. The van der Waals surface area contributed by atoms with Gasteiger partial charge in [0.1, 0.15) is 6.54 Å². The molecule has 1 N–H and O–H groups in total. The number of benzene rings is 1. The van der Waals surface area contributed by atoms with Gasteiger partial charge in [0.25, 0.3) is 0 Å². The van der Waals surface area contributed by atoms with Gasteiger partial charge in [0, 0.05) is 12.0 Å². The van der Waals surface area contributed by atoms with Crippen LogP contribution in [0, 0.1) is 0 Å². The number of hydrogen-bond acceptors (Lipinski definition) is 5. The van der Waals surface area contributed by atoms with Gasteiger partial charge in [0.2, 0.25) is 10.0 Å². The van der Waals surface area contributed by atoms with Gasteiger partial charge in [-0.3, -0.25) is 9.59 Å². The maximum atomic E-state index is 11.9. The topological polar surface area (TPSA) is 89.5 Å². The summed E-state index contributed by atoms with van der Waals surface area (Å²) in [6, 6.07) is 5.66. The molecule has 0 amide bonds. The second-order valence-electron chi connectivity index (χ2n) is 3.71. The third kappa shape index (κ3) is 4.15. The summed E-state index contributed by atoms with van der Waals surface area (Å²) >= 11 is 0. The van der Waals surface area contributed by atoms with E-state index in [-0.39, 0.29) is 10.7 Å². The Balaban J connectivity index is 2.95. The lowest BCUT2D eigenvalue weighted by molar-refractivity contribution is -0.139. The summed E-state index contributed by atoms with van der Waals surface area (Å²) in [5.41, 5.74) is 0.323. The summed E-state index contributed by atoms with van der Waals surface area (Å²) in [7, 11) is -2.67. The Hall–Kier alpha value is -1.73. The number of methoxy groups -OCH3 is 1. The fourth-order valence-electron chi connectivity index (χ4n) is 1.35. The van der Waals surface area contributed by atoms with E-state index in [1.807, 2.05) is 0 Å². The molecule has 1 rings (SSSR count). The van der Waals surface area contributed by atoms with Gasteiger partial charge in [0.15, 0.2) is 5.78 Å². The molecule has 19 heavy (non-hydrogen) atoms. The molecule has 0 spiro atoms. The van der Waals surface area contributed by atoms with Crippen LogP contribution in [0.5, 0.6) is 0 Å². The Morgan fingerprint density at radius 2 is 2.00 bits per heavy atom. The number of ether oxygens (including phenoxy) is 1. The van der Waals surface area contributed by atoms with Crippen LogP contribution in [0.15, 0.2) is 29.2 Å². The molecule has 0 saturated carbocycles. The molecule has 104 valence electrons. The third-order valence-corrected chi connectivity index (χ3v) is 3.82. The standard InChI is InChI=1S/C12H15NO5S/c1-3-11(14)9-5-4-6-10(7-9)19(16,17)13-8-12(15)18-2/h4-7,13H,3,8H2,1-2H3. The third-order valence-electron chi connectivity index (χ3n) is 2.42. The minimum Gasteiger partial charge on any atom is -0.468 e. The number of carbonyl (C=O) groups excluding carboxylic acids is 2. The Kier molecular flexibility index (Phi) is 5.20. The summed E-state index contributed by atoms with van der Waals surface area (Å²) in [6.07, 6.45) is 0.291. The predicted molar refractivity (Wildman–Crippen MR) is 68.3 cm³/mol. The highest BCUT2D eigenvalue weighted by molar-refractivity contribution is 7.89. The van der Waals surface area contributed by atoms with Crippen LogP contribution < -0.4 is 4.72 Å². The van der Waals surface area contributed by atoms with Crippen molar-refractivity contribution >= 4 is 21.8 Å². The highest BCUT2D eigenvalue weighted by atomic mass is 32.2. The van der Waals surface area contributed by atoms with Crippen molar-refractivity contribution in [2.24, 2.45) is 0 Å². The van der Waals surface area contributed by atoms with Crippen LogP contribution in [0.3, 0.4) is 0 Å². The highest BCUT2D eigenvalue weighted by Gasteiger charge is 2.17. The Morgan fingerprint density at radius 3 is 2.58 bits per heavy atom. The highest BCUT2D eigenvalue weighted by Crippen LogP contribution is 2.12. The lowest BCUT2D eigenvalue weighted by atomic mass is 10.1. The smallest absolute Gasteiger partial charge is 0.320 e. The molecular formula is C12H15NO5S. The molecule has 0 aliphatic rings. The number of rotatable bonds is 6. The Bertz CT molecular complexity index is 580. The number of nitrogens with one attached hydrogen (secondary N) is 1. The monoisotopic (exact) mass is 285 g/mol. The fourth-order valence-corrected chi connectivity index (χ4v) is 2.36. The first-order valence-corrected chi connectivity index (χ1v) is 7.08. The molecule has 0 heterocycles. The van der Waals surface area contributed by atoms with Crippen LogP contribution in [0.25, 0.3) is 0 Å². The lowest BCUT2D eigenvalue weighted by Crippen LogP contribution is -2.30. The van der Waals surface area contributed by atoms with Gasteiger partial charge in [-0.2, -0.15) is 4.72 Å². The van der Waals surface area contributed by atoms with Gasteiger partial charge in [-0.05, 0) is 12.1 Å². The van der Waals surface area contributed by atoms with E-state index >= 15 is 0 Å². The predicted octanol–water partition coefficient (Wildman–Crippen LogP) is 0.731. The Morgan fingerprint density at radius 1 is 1.32 bits per heavy atom. The van der Waals surface area contributed by atoms with Crippen molar-refractivity contribution in [3.8, 4) is 0 Å². The van der Waals surface area contributed by atoms with Crippen LogP contribution in [0.2, 0.25) is 0 Å². The van der Waals surface area contributed by atoms with Crippen molar-refractivity contribution in [2.75, 3.05) is 13.7 Å². The second kappa shape index (κ2) is 6.44. The number of hydrogen-bond donors (Lipinski definition) is 1. The molecule has 0 aromatic heterocycles. The molecule has 0 radical (unpaired) electrons. The molecule has 1 aromatic carbocycles. The molecule has 0 aliphatic carbocycles. The van der Waals surface area contributed by atoms with Crippen molar-refractivity contribution in [2.45, 2.75) is 18.2 Å². The summed E-state index contributed by atoms with van der Waals surface area (Å²) in [4.78, 5) is 22.4. The van der Waals surface area contributed by atoms with Crippen LogP contribution in [0.4, 0.5) is 0 Å². The average molecular weight is 285 g/mol. The largest absolute Gasteiger partial charge is 0.468 e. The van der Waals surface area contributed by atoms with Crippen molar-refractivity contribution in [1.82, 2.24) is 4.72 Å². The number of Topliss-reactive ketones (excluding diaryl/α,β-unsaturated/α-hetero) is 1. The molecule has 0 bridgehead atoms. The molecule has 0 aliphatic heterocycles. The van der Waals surface area contributed by atoms with Crippen molar-refractivity contribution in [3.63, 3.8) is 0 Å².